The van der Waals surface area contributed by atoms with Crippen LogP contribution in [-0.2, 0) is 17.8 Å². The van der Waals surface area contributed by atoms with E-state index in [9.17, 15) is 0 Å². The SMILES string of the molecule is Cc1sc2nc(CN3CCOCC3)nc(NCc3ccc(-c4cccnc4)cc3)c2c1C. The normalized spacial score (nSPS) is 14.7. The monoisotopic (exact) mass is 445 g/mol. The predicted octanol–water partition coefficient (Wildman–Crippen LogP) is 4.81. The fraction of sp³-hybridized carbons (Fsp3) is 0.320. The first kappa shape index (κ1) is 21.0. The lowest BCUT2D eigenvalue weighted by Gasteiger charge is -2.25. The lowest BCUT2D eigenvalue weighted by atomic mass is 10.1. The number of nitrogens with zero attached hydrogens (tertiary/aromatic N) is 4. The van der Waals surface area contributed by atoms with Crippen molar-refractivity contribution >= 4 is 27.4 Å². The summed E-state index contributed by atoms with van der Waals surface area (Å²) in [4.78, 5) is 18.8. The number of anilines is 1. The van der Waals surface area contributed by atoms with Crippen LogP contribution in [0.3, 0.4) is 0 Å². The van der Waals surface area contributed by atoms with Crippen molar-refractivity contribution in [2.45, 2.75) is 26.9 Å². The second kappa shape index (κ2) is 9.32. The lowest BCUT2D eigenvalue weighted by molar-refractivity contribution is 0.0331. The van der Waals surface area contributed by atoms with E-state index in [1.165, 1.54) is 21.6 Å². The maximum absolute atomic E-state index is 5.48. The topological polar surface area (TPSA) is 63.2 Å². The molecule has 0 amide bonds. The molecule has 164 valence electrons. The van der Waals surface area contributed by atoms with Crippen molar-refractivity contribution in [1.29, 1.82) is 0 Å². The van der Waals surface area contributed by atoms with Gasteiger partial charge in [0.25, 0.3) is 0 Å². The third kappa shape index (κ3) is 4.50. The Morgan fingerprint density at radius 3 is 2.59 bits per heavy atom. The summed E-state index contributed by atoms with van der Waals surface area (Å²) in [5, 5.41) is 4.74. The largest absolute Gasteiger partial charge is 0.379 e. The highest BCUT2D eigenvalue weighted by atomic mass is 32.1. The number of aromatic nitrogens is 3. The summed E-state index contributed by atoms with van der Waals surface area (Å²) in [6.45, 7) is 9.19. The van der Waals surface area contributed by atoms with Crippen molar-refractivity contribution in [3.63, 3.8) is 0 Å². The van der Waals surface area contributed by atoms with Gasteiger partial charge in [0.05, 0.1) is 25.1 Å². The van der Waals surface area contributed by atoms with Crippen molar-refractivity contribution in [2.24, 2.45) is 0 Å². The molecule has 6 nitrogen and oxygen atoms in total. The standard InChI is InChI=1S/C25H27N5OS/c1-17-18(2)32-25-23(17)24(28-22(29-25)16-30-10-12-31-13-11-30)27-14-19-5-7-20(8-6-19)21-4-3-9-26-15-21/h3-9,15H,10-14,16H2,1-2H3,(H,27,28,29). The molecule has 5 rings (SSSR count). The van der Waals surface area contributed by atoms with Crippen LogP contribution < -0.4 is 5.32 Å². The molecule has 0 saturated carbocycles. The van der Waals surface area contributed by atoms with E-state index in [4.69, 9.17) is 14.7 Å². The van der Waals surface area contributed by atoms with Gasteiger partial charge in [-0.25, -0.2) is 9.97 Å². The van der Waals surface area contributed by atoms with E-state index < -0.39 is 0 Å². The van der Waals surface area contributed by atoms with E-state index in [1.807, 2.05) is 12.3 Å². The van der Waals surface area contributed by atoms with Gasteiger partial charge in [0.2, 0.25) is 0 Å². The van der Waals surface area contributed by atoms with Crippen LogP contribution in [0.2, 0.25) is 0 Å². The van der Waals surface area contributed by atoms with Crippen LogP contribution in [0.4, 0.5) is 5.82 Å². The molecule has 0 radical (unpaired) electrons. The van der Waals surface area contributed by atoms with Gasteiger partial charge in [0.1, 0.15) is 16.5 Å². The number of morpholine rings is 1. The zero-order chi connectivity index (χ0) is 21.9. The Morgan fingerprint density at radius 2 is 1.84 bits per heavy atom. The number of hydrogen-bond donors (Lipinski definition) is 1. The molecule has 0 aliphatic carbocycles. The molecule has 1 aliphatic rings. The first-order valence-corrected chi connectivity index (χ1v) is 11.8. The van der Waals surface area contributed by atoms with Crippen molar-refractivity contribution in [1.82, 2.24) is 19.9 Å². The van der Waals surface area contributed by atoms with Crippen molar-refractivity contribution in [3.8, 4) is 11.1 Å². The number of benzene rings is 1. The number of thiophene rings is 1. The molecule has 0 spiro atoms. The van der Waals surface area contributed by atoms with E-state index in [-0.39, 0.29) is 0 Å². The molecule has 4 aromatic rings. The number of fused-ring (bicyclic) bond motifs is 1. The van der Waals surface area contributed by atoms with Crippen LogP contribution in [0.25, 0.3) is 21.3 Å². The maximum Gasteiger partial charge on any atom is 0.146 e. The Morgan fingerprint density at radius 1 is 1.03 bits per heavy atom. The van der Waals surface area contributed by atoms with Crippen LogP contribution in [0.15, 0.2) is 48.8 Å². The molecule has 1 aromatic carbocycles. The highest BCUT2D eigenvalue weighted by Gasteiger charge is 2.17. The Labute approximate surface area is 192 Å². The number of pyridine rings is 1. The van der Waals surface area contributed by atoms with Crippen molar-refractivity contribution in [2.75, 3.05) is 31.6 Å². The van der Waals surface area contributed by atoms with E-state index in [1.54, 1.807) is 17.5 Å². The van der Waals surface area contributed by atoms with Crippen LogP contribution in [-0.4, -0.2) is 46.2 Å². The Hall–Kier alpha value is -2.87. The molecule has 7 heteroatoms. The fourth-order valence-corrected chi connectivity index (χ4v) is 5.03. The van der Waals surface area contributed by atoms with Crippen molar-refractivity contribution < 1.29 is 4.74 Å². The number of rotatable bonds is 6. The molecule has 0 bridgehead atoms. The zero-order valence-electron chi connectivity index (χ0n) is 18.5. The second-order valence-corrected chi connectivity index (χ2v) is 9.34. The average Bonchev–Trinajstić information content (AvgIpc) is 3.12. The molecule has 1 aliphatic heterocycles. The van der Waals surface area contributed by atoms with Gasteiger partial charge < -0.3 is 10.1 Å². The summed E-state index contributed by atoms with van der Waals surface area (Å²) in [5.74, 6) is 1.80. The third-order valence-electron chi connectivity index (χ3n) is 5.95. The van der Waals surface area contributed by atoms with Gasteiger partial charge in [-0.2, -0.15) is 0 Å². The minimum absolute atomic E-state index is 0.713. The molecule has 1 saturated heterocycles. The summed E-state index contributed by atoms with van der Waals surface area (Å²) < 4.78 is 5.48. The van der Waals surface area contributed by atoms with Gasteiger partial charge in [-0.3, -0.25) is 9.88 Å². The highest BCUT2D eigenvalue weighted by Crippen LogP contribution is 2.33. The highest BCUT2D eigenvalue weighted by molar-refractivity contribution is 7.18. The minimum Gasteiger partial charge on any atom is -0.379 e. The molecular formula is C25H27N5OS. The van der Waals surface area contributed by atoms with E-state index >= 15 is 0 Å². The van der Waals surface area contributed by atoms with Crippen LogP contribution >= 0.6 is 11.3 Å². The number of nitrogens with one attached hydrogen (secondary N) is 1. The van der Waals surface area contributed by atoms with E-state index in [0.717, 1.165) is 60.3 Å². The molecule has 3 aromatic heterocycles. The quantitative estimate of drug-likeness (QED) is 0.459. The lowest BCUT2D eigenvalue weighted by Crippen LogP contribution is -2.36. The molecule has 32 heavy (non-hydrogen) atoms. The Kier molecular flexibility index (Phi) is 6.12. The summed E-state index contributed by atoms with van der Waals surface area (Å²) in [6.07, 6.45) is 3.69. The maximum atomic E-state index is 5.48. The van der Waals surface area contributed by atoms with E-state index in [0.29, 0.717) is 6.54 Å². The molecule has 1 fully saturated rings. The predicted molar refractivity (Wildman–Crippen MR) is 130 cm³/mol. The molecule has 1 N–H and O–H groups in total. The first-order chi connectivity index (χ1) is 15.7. The number of ether oxygens (including phenoxy) is 1. The van der Waals surface area contributed by atoms with Crippen LogP contribution in [0.1, 0.15) is 21.8 Å². The summed E-state index contributed by atoms with van der Waals surface area (Å²) in [5.41, 5.74) is 4.77. The molecule has 0 unspecified atom stereocenters. The van der Waals surface area contributed by atoms with Crippen molar-refractivity contribution in [3.05, 3.63) is 70.6 Å². The number of hydrogen-bond acceptors (Lipinski definition) is 7. The smallest absolute Gasteiger partial charge is 0.146 e. The second-order valence-electron chi connectivity index (χ2n) is 8.13. The van der Waals surface area contributed by atoms with Gasteiger partial charge >= 0.3 is 0 Å². The average molecular weight is 446 g/mol. The van der Waals surface area contributed by atoms with Gasteiger partial charge in [-0.1, -0.05) is 30.3 Å². The zero-order valence-corrected chi connectivity index (χ0v) is 19.3. The molecule has 0 atom stereocenters. The third-order valence-corrected chi connectivity index (χ3v) is 7.05. The van der Waals surface area contributed by atoms with Crippen LogP contribution in [0.5, 0.6) is 0 Å². The van der Waals surface area contributed by atoms with Gasteiger partial charge in [0.15, 0.2) is 0 Å². The first-order valence-electron chi connectivity index (χ1n) is 11.0. The minimum atomic E-state index is 0.713. The number of aryl methyl sites for hydroxylation is 2. The van der Waals surface area contributed by atoms with Crippen LogP contribution in [0, 0.1) is 13.8 Å². The molecule has 4 heterocycles. The van der Waals surface area contributed by atoms with E-state index in [2.05, 4.69) is 59.4 Å². The summed E-state index contributed by atoms with van der Waals surface area (Å²) in [6, 6.07) is 12.7. The fourth-order valence-electron chi connectivity index (χ4n) is 3.99. The summed E-state index contributed by atoms with van der Waals surface area (Å²) >= 11 is 1.75. The molecular weight excluding hydrogens is 418 g/mol. The van der Waals surface area contributed by atoms with Gasteiger partial charge in [0, 0.05) is 36.9 Å². The Balaban J connectivity index is 1.37. The summed E-state index contributed by atoms with van der Waals surface area (Å²) in [7, 11) is 0. The van der Waals surface area contributed by atoms with Gasteiger partial charge in [-0.05, 0) is 42.2 Å². The Bertz CT molecular complexity index is 1200. The van der Waals surface area contributed by atoms with Gasteiger partial charge in [-0.15, -0.1) is 11.3 Å².